The number of thioether (sulfide) groups is 1. The molecule has 1 heterocycles. The fourth-order valence-corrected chi connectivity index (χ4v) is 2.39. The Morgan fingerprint density at radius 3 is 3.00 bits per heavy atom. The van der Waals surface area contributed by atoms with Crippen LogP contribution in [0.15, 0.2) is 28.4 Å². The van der Waals surface area contributed by atoms with Crippen molar-refractivity contribution in [1.29, 1.82) is 0 Å². The highest BCUT2D eigenvalue weighted by Crippen LogP contribution is 2.27. The summed E-state index contributed by atoms with van der Waals surface area (Å²) in [5.41, 5.74) is 0.820. The maximum Gasteiger partial charge on any atom is 0.236 e. The van der Waals surface area contributed by atoms with Crippen LogP contribution in [-0.2, 0) is 4.79 Å². The van der Waals surface area contributed by atoms with Crippen LogP contribution < -0.4 is 14.8 Å². The largest absolute Gasteiger partial charge is 0.493 e. The number of hydrogen-bond acceptors (Lipinski definition) is 6. The molecule has 1 amide bonds. The number of nitrogens with one attached hydrogen (secondary N) is 1. The molecular formula is C14H16ClN3O3S. The number of halogens is 1. The third kappa shape index (κ3) is 4.92. The Kier molecular flexibility index (Phi) is 6.54. The van der Waals surface area contributed by atoms with Crippen molar-refractivity contribution in [1.82, 2.24) is 5.32 Å². The van der Waals surface area contributed by atoms with E-state index in [9.17, 15) is 4.79 Å². The quantitative estimate of drug-likeness (QED) is 0.357. The molecule has 8 heteroatoms. The lowest BCUT2D eigenvalue weighted by atomic mass is 10.2. The second kappa shape index (κ2) is 8.65. The Balaban J connectivity index is 2.04. The Bertz CT molecular complexity index is 593. The minimum Gasteiger partial charge on any atom is -0.493 e. The van der Waals surface area contributed by atoms with Gasteiger partial charge in [0.15, 0.2) is 16.7 Å². The van der Waals surface area contributed by atoms with Crippen molar-refractivity contribution in [3.05, 3.63) is 23.8 Å². The second-order valence-electron chi connectivity index (χ2n) is 4.29. The van der Waals surface area contributed by atoms with Crippen molar-refractivity contribution < 1.29 is 14.3 Å². The summed E-state index contributed by atoms with van der Waals surface area (Å²) in [4.78, 5) is 11.0. The van der Waals surface area contributed by atoms with Gasteiger partial charge < -0.3 is 14.8 Å². The normalized spacial score (nSPS) is 16.3. The van der Waals surface area contributed by atoms with Crippen molar-refractivity contribution in [2.75, 3.05) is 25.3 Å². The van der Waals surface area contributed by atoms with Crippen LogP contribution in [0.4, 0.5) is 0 Å². The number of methoxy groups -OCH3 is 1. The van der Waals surface area contributed by atoms with Gasteiger partial charge >= 0.3 is 0 Å². The number of alkyl halides is 1. The van der Waals surface area contributed by atoms with E-state index in [1.165, 1.54) is 11.8 Å². The van der Waals surface area contributed by atoms with Gasteiger partial charge in [0.05, 0.1) is 25.7 Å². The molecule has 0 atom stereocenters. The van der Waals surface area contributed by atoms with Crippen molar-refractivity contribution in [3.63, 3.8) is 0 Å². The SMILES string of the molecule is COc1ccc(C=NN=C2NC(=O)CS2)cc1OCCCCl. The molecule has 1 aromatic carbocycles. The van der Waals surface area contributed by atoms with Crippen LogP contribution in [-0.4, -0.2) is 42.6 Å². The van der Waals surface area contributed by atoms with Crippen molar-refractivity contribution in [2.45, 2.75) is 6.42 Å². The van der Waals surface area contributed by atoms with E-state index in [-0.39, 0.29) is 5.91 Å². The first kappa shape index (κ1) is 16.6. The summed E-state index contributed by atoms with van der Waals surface area (Å²) in [7, 11) is 1.59. The van der Waals surface area contributed by atoms with Gasteiger partial charge in [0.1, 0.15) is 0 Å². The molecule has 6 nitrogen and oxygen atoms in total. The predicted molar refractivity (Wildman–Crippen MR) is 89.5 cm³/mol. The molecule has 0 saturated carbocycles. The molecule has 1 fully saturated rings. The van der Waals surface area contributed by atoms with E-state index >= 15 is 0 Å². The third-order valence-corrected chi connectivity index (χ3v) is 3.80. The number of amidine groups is 1. The minimum atomic E-state index is -0.0571. The van der Waals surface area contributed by atoms with Gasteiger partial charge in [0.25, 0.3) is 0 Å². The standard InChI is InChI=1S/C14H16ClN3O3S/c1-20-11-4-3-10(7-12(11)21-6-2-5-15)8-16-18-14-17-13(19)9-22-14/h3-4,7-8H,2,5-6,9H2,1H3,(H,17,18,19). The van der Waals surface area contributed by atoms with Gasteiger partial charge in [-0.2, -0.15) is 5.10 Å². The summed E-state index contributed by atoms with van der Waals surface area (Å²) in [6.07, 6.45) is 2.35. The summed E-state index contributed by atoms with van der Waals surface area (Å²) in [5, 5.41) is 11.0. The summed E-state index contributed by atoms with van der Waals surface area (Å²) in [6, 6.07) is 5.46. The smallest absolute Gasteiger partial charge is 0.236 e. The lowest BCUT2D eigenvalue weighted by molar-refractivity contribution is -0.116. The lowest BCUT2D eigenvalue weighted by Gasteiger charge is -2.10. The third-order valence-electron chi connectivity index (χ3n) is 2.66. The number of hydrogen-bond donors (Lipinski definition) is 1. The number of ether oxygens (including phenoxy) is 2. The molecule has 0 aliphatic carbocycles. The highest BCUT2D eigenvalue weighted by molar-refractivity contribution is 8.15. The number of benzene rings is 1. The zero-order valence-corrected chi connectivity index (χ0v) is 13.6. The molecule has 0 bridgehead atoms. The van der Waals surface area contributed by atoms with Crippen LogP contribution in [0.25, 0.3) is 0 Å². The maximum absolute atomic E-state index is 11.0. The number of amides is 1. The predicted octanol–water partition coefficient (Wildman–Crippen LogP) is 2.26. The molecule has 1 aliphatic rings. The molecule has 0 radical (unpaired) electrons. The summed E-state index contributed by atoms with van der Waals surface area (Å²) >= 11 is 6.96. The number of carbonyl (C=O) groups is 1. The number of nitrogens with zero attached hydrogens (tertiary/aromatic N) is 2. The molecule has 1 aliphatic heterocycles. The molecule has 0 aromatic heterocycles. The second-order valence-corrected chi connectivity index (χ2v) is 5.63. The molecule has 1 N–H and O–H groups in total. The maximum atomic E-state index is 11.0. The van der Waals surface area contributed by atoms with E-state index in [4.69, 9.17) is 21.1 Å². The summed E-state index contributed by atoms with van der Waals surface area (Å²) in [6.45, 7) is 0.519. The molecule has 2 rings (SSSR count). The number of rotatable bonds is 7. The van der Waals surface area contributed by atoms with E-state index < -0.39 is 0 Å². The van der Waals surface area contributed by atoms with Crippen LogP contribution in [0.2, 0.25) is 0 Å². The first-order valence-electron chi connectivity index (χ1n) is 6.63. The van der Waals surface area contributed by atoms with Crippen molar-refractivity contribution in [2.24, 2.45) is 10.2 Å². The summed E-state index contributed by atoms with van der Waals surface area (Å²) in [5.74, 6) is 2.16. The van der Waals surface area contributed by atoms with Gasteiger partial charge in [-0.25, -0.2) is 0 Å². The van der Waals surface area contributed by atoms with Crippen LogP contribution in [0.5, 0.6) is 11.5 Å². The monoisotopic (exact) mass is 341 g/mol. The average Bonchev–Trinajstić information content (AvgIpc) is 2.93. The van der Waals surface area contributed by atoms with E-state index in [2.05, 4.69) is 15.5 Å². The van der Waals surface area contributed by atoms with E-state index in [1.807, 2.05) is 12.1 Å². The van der Waals surface area contributed by atoms with E-state index in [1.54, 1.807) is 19.4 Å². The molecule has 22 heavy (non-hydrogen) atoms. The van der Waals surface area contributed by atoms with Crippen LogP contribution >= 0.6 is 23.4 Å². The molecule has 1 saturated heterocycles. The summed E-state index contributed by atoms with van der Waals surface area (Å²) < 4.78 is 10.9. The molecule has 0 spiro atoms. The lowest BCUT2D eigenvalue weighted by Crippen LogP contribution is -2.19. The minimum absolute atomic E-state index is 0.0571. The Morgan fingerprint density at radius 1 is 1.45 bits per heavy atom. The Labute approximate surface area is 137 Å². The fraction of sp³-hybridized carbons (Fsp3) is 0.357. The molecular weight excluding hydrogens is 326 g/mol. The average molecular weight is 342 g/mol. The fourth-order valence-electron chi connectivity index (χ4n) is 1.65. The van der Waals surface area contributed by atoms with Crippen molar-refractivity contribution >= 4 is 40.7 Å². The van der Waals surface area contributed by atoms with Crippen LogP contribution in [0, 0.1) is 0 Å². The van der Waals surface area contributed by atoms with Crippen LogP contribution in [0.1, 0.15) is 12.0 Å². The highest BCUT2D eigenvalue weighted by atomic mass is 35.5. The van der Waals surface area contributed by atoms with Crippen molar-refractivity contribution in [3.8, 4) is 11.5 Å². The van der Waals surface area contributed by atoms with E-state index in [0.29, 0.717) is 34.9 Å². The molecule has 1 aromatic rings. The first-order valence-corrected chi connectivity index (χ1v) is 8.15. The van der Waals surface area contributed by atoms with Gasteiger partial charge in [-0.3, -0.25) is 4.79 Å². The topological polar surface area (TPSA) is 72.3 Å². The zero-order valence-electron chi connectivity index (χ0n) is 12.0. The van der Waals surface area contributed by atoms with Gasteiger partial charge in [-0.05, 0) is 30.2 Å². The van der Waals surface area contributed by atoms with E-state index in [0.717, 1.165) is 12.0 Å². The Hall–Kier alpha value is -1.73. The number of carbonyl (C=O) groups excluding carboxylic acids is 1. The molecule has 118 valence electrons. The van der Waals surface area contributed by atoms with Gasteiger partial charge in [-0.15, -0.1) is 16.7 Å². The van der Waals surface area contributed by atoms with Gasteiger partial charge in [0, 0.05) is 5.88 Å². The van der Waals surface area contributed by atoms with Crippen LogP contribution in [0.3, 0.4) is 0 Å². The zero-order chi connectivity index (χ0) is 15.8. The van der Waals surface area contributed by atoms with Gasteiger partial charge in [-0.1, -0.05) is 11.8 Å². The first-order chi connectivity index (χ1) is 10.7. The Morgan fingerprint density at radius 2 is 2.32 bits per heavy atom. The highest BCUT2D eigenvalue weighted by Gasteiger charge is 2.15. The molecule has 0 unspecified atom stereocenters. The van der Waals surface area contributed by atoms with Gasteiger partial charge in [0.2, 0.25) is 5.91 Å².